The first-order valence-electron chi connectivity index (χ1n) is 6.61. The zero-order valence-corrected chi connectivity index (χ0v) is 10.6. The second-order valence-corrected chi connectivity index (χ2v) is 5.20. The summed E-state index contributed by atoms with van der Waals surface area (Å²) in [5.74, 6) is -0.809. The number of carbonyl (C=O) groups excluding carboxylic acids is 1. The van der Waals surface area contributed by atoms with Gasteiger partial charge in [0.2, 0.25) is 0 Å². The van der Waals surface area contributed by atoms with Crippen molar-refractivity contribution in [1.29, 1.82) is 0 Å². The summed E-state index contributed by atoms with van der Waals surface area (Å²) in [6, 6.07) is 1.70. The first kappa shape index (κ1) is 12.3. The Balaban J connectivity index is 1.73. The van der Waals surface area contributed by atoms with Crippen molar-refractivity contribution in [3.63, 3.8) is 0 Å². The number of carbonyl (C=O) groups is 1. The zero-order chi connectivity index (χ0) is 13.4. The Morgan fingerprint density at radius 3 is 3.16 bits per heavy atom. The van der Waals surface area contributed by atoms with E-state index in [9.17, 15) is 9.18 Å². The molecule has 6 heteroatoms. The minimum absolute atomic E-state index is 0.0696. The third kappa shape index (κ3) is 2.28. The number of nitrogens with two attached hydrogens (primary N) is 1. The lowest BCUT2D eigenvalue weighted by Gasteiger charge is -2.21. The molecule has 2 aliphatic heterocycles. The van der Waals surface area contributed by atoms with Crippen molar-refractivity contribution < 1.29 is 9.18 Å². The van der Waals surface area contributed by atoms with Crippen LogP contribution in [0.3, 0.4) is 0 Å². The number of nitrogens with one attached hydrogen (secondary N) is 1. The van der Waals surface area contributed by atoms with Crippen LogP contribution < -0.4 is 11.1 Å². The number of halogens is 1. The number of nitrogens with zero attached hydrogens (tertiary/aromatic N) is 2. The van der Waals surface area contributed by atoms with E-state index < -0.39 is 5.82 Å². The Labute approximate surface area is 111 Å². The molecule has 2 saturated heterocycles. The van der Waals surface area contributed by atoms with E-state index in [1.165, 1.54) is 6.42 Å². The Morgan fingerprint density at radius 2 is 2.32 bits per heavy atom. The summed E-state index contributed by atoms with van der Waals surface area (Å²) in [5.41, 5.74) is 5.74. The van der Waals surface area contributed by atoms with Crippen LogP contribution in [0.15, 0.2) is 12.3 Å². The van der Waals surface area contributed by atoms with Crippen molar-refractivity contribution in [2.24, 2.45) is 0 Å². The Hall–Kier alpha value is -1.69. The lowest BCUT2D eigenvalue weighted by atomic mass is 10.1. The molecule has 2 fully saturated rings. The summed E-state index contributed by atoms with van der Waals surface area (Å²) in [6.45, 7) is 2.13. The summed E-state index contributed by atoms with van der Waals surface area (Å²) in [7, 11) is 0. The molecule has 1 aromatic rings. The van der Waals surface area contributed by atoms with Crippen molar-refractivity contribution in [2.45, 2.75) is 31.3 Å². The van der Waals surface area contributed by atoms with Gasteiger partial charge >= 0.3 is 0 Å². The summed E-state index contributed by atoms with van der Waals surface area (Å²) in [4.78, 5) is 18.2. The quantitative estimate of drug-likeness (QED) is 0.827. The lowest BCUT2D eigenvalue weighted by molar-refractivity contribution is 0.0929. The van der Waals surface area contributed by atoms with Crippen LogP contribution in [0.1, 0.15) is 29.6 Å². The molecule has 0 saturated carbocycles. The number of fused-ring (bicyclic) bond motifs is 1. The Kier molecular flexibility index (Phi) is 3.10. The van der Waals surface area contributed by atoms with E-state index in [1.54, 1.807) is 0 Å². The van der Waals surface area contributed by atoms with Crippen LogP contribution in [0.25, 0.3) is 0 Å². The fourth-order valence-electron chi connectivity index (χ4n) is 3.13. The molecule has 0 bridgehead atoms. The number of nitrogen functional groups attached to an aromatic ring is 1. The highest BCUT2D eigenvalue weighted by Crippen LogP contribution is 2.28. The average Bonchev–Trinajstić information content (AvgIpc) is 2.97. The van der Waals surface area contributed by atoms with Gasteiger partial charge in [0.25, 0.3) is 5.91 Å². The lowest BCUT2D eigenvalue weighted by Crippen LogP contribution is -2.42. The number of pyridine rings is 1. The van der Waals surface area contributed by atoms with Crippen LogP contribution in [0.2, 0.25) is 0 Å². The van der Waals surface area contributed by atoms with Gasteiger partial charge in [-0.3, -0.25) is 9.69 Å². The zero-order valence-electron chi connectivity index (χ0n) is 10.6. The molecule has 3 rings (SSSR count). The van der Waals surface area contributed by atoms with Gasteiger partial charge in [-0.05, 0) is 31.9 Å². The van der Waals surface area contributed by atoms with Crippen molar-refractivity contribution in [2.75, 3.05) is 18.8 Å². The number of hydrogen-bond donors (Lipinski definition) is 2. The highest BCUT2D eigenvalue weighted by Gasteiger charge is 2.38. The molecule has 0 spiro atoms. The summed E-state index contributed by atoms with van der Waals surface area (Å²) >= 11 is 0. The van der Waals surface area contributed by atoms with Gasteiger partial charge in [-0.2, -0.15) is 0 Å². The predicted molar refractivity (Wildman–Crippen MR) is 69.1 cm³/mol. The molecule has 3 heterocycles. The molecular formula is C13H17FN4O. The topological polar surface area (TPSA) is 71.2 Å². The normalized spacial score (nSPS) is 26.4. The molecule has 0 radical (unpaired) electrons. The fraction of sp³-hybridized carbons (Fsp3) is 0.538. The van der Waals surface area contributed by atoms with Gasteiger partial charge in [-0.25, -0.2) is 9.37 Å². The number of rotatable bonds is 2. The van der Waals surface area contributed by atoms with Crippen LogP contribution in [0, 0.1) is 5.82 Å². The van der Waals surface area contributed by atoms with E-state index in [4.69, 9.17) is 5.73 Å². The van der Waals surface area contributed by atoms with Crippen molar-refractivity contribution in [1.82, 2.24) is 15.2 Å². The van der Waals surface area contributed by atoms with Crippen LogP contribution in [-0.2, 0) is 0 Å². The fourth-order valence-corrected chi connectivity index (χ4v) is 3.13. The van der Waals surface area contributed by atoms with Crippen molar-refractivity contribution in [3.8, 4) is 0 Å². The largest absolute Gasteiger partial charge is 0.383 e. The second kappa shape index (κ2) is 4.77. The molecule has 102 valence electrons. The van der Waals surface area contributed by atoms with E-state index in [2.05, 4.69) is 15.2 Å². The van der Waals surface area contributed by atoms with Gasteiger partial charge in [0, 0.05) is 18.6 Å². The molecule has 2 unspecified atom stereocenters. The maximum absolute atomic E-state index is 13.1. The number of aromatic nitrogens is 1. The first-order valence-corrected chi connectivity index (χ1v) is 6.61. The second-order valence-electron chi connectivity index (χ2n) is 5.20. The van der Waals surface area contributed by atoms with Crippen LogP contribution in [0.4, 0.5) is 10.2 Å². The molecule has 0 aliphatic carbocycles. The first-order chi connectivity index (χ1) is 9.15. The third-order valence-corrected chi connectivity index (χ3v) is 4.05. The number of anilines is 1. The monoisotopic (exact) mass is 264 g/mol. The minimum atomic E-state index is -0.548. The highest BCUT2D eigenvalue weighted by atomic mass is 19.1. The molecule has 1 aromatic heterocycles. The van der Waals surface area contributed by atoms with Crippen LogP contribution >= 0.6 is 0 Å². The maximum atomic E-state index is 13.1. The van der Waals surface area contributed by atoms with Gasteiger partial charge in [0.05, 0.1) is 11.8 Å². The molecule has 5 nitrogen and oxygen atoms in total. The number of amides is 1. The summed E-state index contributed by atoms with van der Waals surface area (Å²) in [5, 5.41) is 2.97. The highest BCUT2D eigenvalue weighted by molar-refractivity contribution is 5.98. The van der Waals surface area contributed by atoms with Gasteiger partial charge < -0.3 is 11.1 Å². The minimum Gasteiger partial charge on any atom is -0.383 e. The molecule has 2 aliphatic rings. The smallest absolute Gasteiger partial charge is 0.255 e. The Morgan fingerprint density at radius 1 is 1.47 bits per heavy atom. The molecule has 3 N–H and O–H groups in total. The summed E-state index contributed by atoms with van der Waals surface area (Å²) < 4.78 is 13.1. The maximum Gasteiger partial charge on any atom is 0.255 e. The van der Waals surface area contributed by atoms with E-state index in [0.717, 1.165) is 38.2 Å². The van der Waals surface area contributed by atoms with Crippen LogP contribution in [-0.4, -0.2) is 41.0 Å². The van der Waals surface area contributed by atoms with E-state index in [1.807, 2.05) is 0 Å². The third-order valence-electron chi connectivity index (χ3n) is 4.05. The van der Waals surface area contributed by atoms with Gasteiger partial charge in [0.15, 0.2) is 0 Å². The SMILES string of the molecule is Nc1ncc(F)cc1C(=O)NC1CCN2CCCC12. The molecule has 2 atom stereocenters. The molecular weight excluding hydrogens is 247 g/mol. The van der Waals surface area contributed by atoms with Crippen molar-refractivity contribution >= 4 is 11.7 Å². The van der Waals surface area contributed by atoms with Crippen molar-refractivity contribution in [3.05, 3.63) is 23.6 Å². The average molecular weight is 264 g/mol. The molecule has 19 heavy (non-hydrogen) atoms. The van der Waals surface area contributed by atoms with Gasteiger partial charge in [-0.1, -0.05) is 0 Å². The van der Waals surface area contributed by atoms with E-state index >= 15 is 0 Å². The van der Waals surface area contributed by atoms with E-state index in [0.29, 0.717) is 6.04 Å². The van der Waals surface area contributed by atoms with Gasteiger partial charge in [0.1, 0.15) is 11.6 Å². The molecule has 0 aromatic carbocycles. The van der Waals surface area contributed by atoms with Gasteiger partial charge in [-0.15, -0.1) is 0 Å². The standard InChI is InChI=1S/C13H17FN4O/c14-8-6-9(12(15)16-7-8)13(19)17-10-3-5-18-4-1-2-11(10)18/h6-7,10-11H,1-5H2,(H2,15,16)(H,17,19). The van der Waals surface area contributed by atoms with Crippen LogP contribution in [0.5, 0.6) is 0 Å². The number of hydrogen-bond acceptors (Lipinski definition) is 4. The molecule has 1 amide bonds. The Bertz CT molecular complexity index is 507. The predicted octanol–water partition coefficient (Wildman–Crippen LogP) is 0.769. The van der Waals surface area contributed by atoms with E-state index in [-0.39, 0.29) is 23.3 Å². The summed E-state index contributed by atoms with van der Waals surface area (Å²) in [6.07, 6.45) is 4.25.